The minimum atomic E-state index is -1.93. The summed E-state index contributed by atoms with van der Waals surface area (Å²) in [4.78, 5) is 68.8. The summed E-state index contributed by atoms with van der Waals surface area (Å²) in [6.45, 7) is 0. The topological polar surface area (TPSA) is 120 Å². The van der Waals surface area contributed by atoms with Gasteiger partial charge in [-0.3, -0.25) is 24.1 Å². The standard InChI is InChI=1S/C26H22N2O8/c1-34-23(31)18-13-27-19(28-21(29)16-10-6-7-11-17(16)22(28)30)12-26(24(32)35-2,25(33)36-3)20(27)15-9-5-4-8-14(15)18/h4-11,13,19-20H,12H2,1-3H3/t19-,20-/m1/s1. The highest BCUT2D eigenvalue weighted by molar-refractivity contribution is 6.22. The number of methoxy groups -OCH3 is 3. The third-order valence-corrected chi connectivity index (χ3v) is 7.07. The number of carbonyl (C=O) groups is 5. The molecule has 0 spiro atoms. The summed E-state index contributed by atoms with van der Waals surface area (Å²) in [5.74, 6) is -3.56. The zero-order valence-electron chi connectivity index (χ0n) is 19.7. The van der Waals surface area contributed by atoms with Crippen LogP contribution in [0.1, 0.15) is 44.3 Å². The number of rotatable bonds is 4. The molecule has 0 unspecified atom stereocenters. The highest BCUT2D eigenvalue weighted by atomic mass is 16.5. The van der Waals surface area contributed by atoms with Crippen molar-refractivity contribution < 1.29 is 38.2 Å². The van der Waals surface area contributed by atoms with Gasteiger partial charge in [-0.1, -0.05) is 36.4 Å². The second-order valence-electron chi connectivity index (χ2n) is 8.64. The number of imide groups is 1. The molecule has 10 nitrogen and oxygen atoms in total. The van der Waals surface area contributed by atoms with Crippen molar-refractivity contribution in [3.05, 3.63) is 77.0 Å². The zero-order valence-corrected chi connectivity index (χ0v) is 19.7. The molecule has 36 heavy (non-hydrogen) atoms. The van der Waals surface area contributed by atoms with Crippen LogP contribution in [0.2, 0.25) is 0 Å². The van der Waals surface area contributed by atoms with Crippen molar-refractivity contribution in [3.8, 4) is 0 Å². The van der Waals surface area contributed by atoms with Crippen LogP contribution in [0, 0.1) is 5.41 Å². The summed E-state index contributed by atoms with van der Waals surface area (Å²) in [5.41, 5.74) is -0.459. The Morgan fingerprint density at radius 1 is 0.806 bits per heavy atom. The molecule has 0 saturated carbocycles. The number of benzene rings is 2. The van der Waals surface area contributed by atoms with Crippen LogP contribution in [0.15, 0.2) is 54.7 Å². The van der Waals surface area contributed by atoms with Gasteiger partial charge in [0.15, 0.2) is 5.41 Å². The first kappa shape index (κ1) is 23.3. The fraction of sp³-hybridized carbons (Fsp3) is 0.269. The van der Waals surface area contributed by atoms with E-state index in [0.29, 0.717) is 11.1 Å². The summed E-state index contributed by atoms with van der Waals surface area (Å²) in [7, 11) is 3.53. The molecule has 1 fully saturated rings. The number of nitrogens with zero attached hydrogens (tertiary/aromatic N) is 2. The normalized spacial score (nSPS) is 21.2. The van der Waals surface area contributed by atoms with Crippen molar-refractivity contribution >= 4 is 35.3 Å². The lowest BCUT2D eigenvalue weighted by atomic mass is 9.74. The van der Waals surface area contributed by atoms with E-state index in [1.807, 2.05) is 0 Å². The lowest BCUT2D eigenvalue weighted by molar-refractivity contribution is -0.171. The number of esters is 3. The largest absolute Gasteiger partial charge is 0.468 e. The molecular weight excluding hydrogens is 468 g/mol. The SMILES string of the molecule is COC(=O)C1=CN2[C@H](N3C(=O)c4ccccc4C3=O)CC(C(=O)OC)(C(=O)OC)[C@H]2c2ccccc21. The fourth-order valence-corrected chi connectivity index (χ4v) is 5.53. The van der Waals surface area contributed by atoms with Gasteiger partial charge in [0.05, 0.1) is 44.1 Å². The predicted octanol–water partition coefficient (Wildman–Crippen LogP) is 1.92. The van der Waals surface area contributed by atoms with E-state index in [1.165, 1.54) is 30.3 Å². The highest BCUT2D eigenvalue weighted by Gasteiger charge is 2.67. The van der Waals surface area contributed by atoms with E-state index in [-0.39, 0.29) is 23.1 Å². The van der Waals surface area contributed by atoms with E-state index in [9.17, 15) is 24.0 Å². The van der Waals surface area contributed by atoms with E-state index in [4.69, 9.17) is 14.2 Å². The fourth-order valence-electron chi connectivity index (χ4n) is 5.53. The molecule has 184 valence electrons. The molecule has 0 bridgehead atoms. The first-order valence-corrected chi connectivity index (χ1v) is 11.1. The third kappa shape index (κ3) is 2.93. The van der Waals surface area contributed by atoms with Gasteiger partial charge in [0.2, 0.25) is 0 Å². The van der Waals surface area contributed by atoms with E-state index in [2.05, 4.69) is 0 Å². The van der Waals surface area contributed by atoms with Crippen LogP contribution >= 0.6 is 0 Å². The van der Waals surface area contributed by atoms with Gasteiger partial charge in [0.1, 0.15) is 6.17 Å². The molecule has 2 aromatic carbocycles. The number of fused-ring (bicyclic) bond motifs is 4. The number of hydrogen-bond acceptors (Lipinski definition) is 9. The number of amides is 2. The second kappa shape index (κ2) is 8.33. The number of hydrogen-bond donors (Lipinski definition) is 0. The maximum Gasteiger partial charge on any atom is 0.339 e. The molecule has 10 heteroatoms. The Labute approximate surface area is 206 Å². The minimum absolute atomic E-state index is 0.150. The molecule has 0 aliphatic carbocycles. The zero-order chi connectivity index (χ0) is 25.8. The van der Waals surface area contributed by atoms with Crippen LogP contribution < -0.4 is 0 Å². The molecule has 3 heterocycles. The first-order valence-electron chi connectivity index (χ1n) is 11.1. The number of carbonyl (C=O) groups excluding carboxylic acids is 5. The summed E-state index contributed by atoms with van der Waals surface area (Å²) >= 11 is 0. The minimum Gasteiger partial charge on any atom is -0.468 e. The van der Waals surface area contributed by atoms with E-state index in [1.54, 1.807) is 36.4 Å². The summed E-state index contributed by atoms with van der Waals surface area (Å²) in [6, 6.07) is 12.1. The average molecular weight is 490 g/mol. The van der Waals surface area contributed by atoms with Gasteiger partial charge in [-0.25, -0.2) is 4.79 Å². The monoisotopic (exact) mass is 490 g/mol. The molecule has 2 atom stereocenters. The second-order valence-corrected chi connectivity index (χ2v) is 8.64. The Morgan fingerprint density at radius 3 is 1.86 bits per heavy atom. The maximum atomic E-state index is 13.4. The van der Waals surface area contributed by atoms with Gasteiger partial charge in [-0.2, -0.15) is 0 Å². The van der Waals surface area contributed by atoms with Crippen LogP contribution in [-0.2, 0) is 28.6 Å². The van der Waals surface area contributed by atoms with Crippen molar-refractivity contribution in [2.45, 2.75) is 18.6 Å². The highest BCUT2D eigenvalue weighted by Crippen LogP contribution is 2.56. The molecule has 0 radical (unpaired) electrons. The molecule has 3 aliphatic heterocycles. The van der Waals surface area contributed by atoms with Gasteiger partial charge < -0.3 is 19.1 Å². The van der Waals surface area contributed by atoms with Gasteiger partial charge in [0.25, 0.3) is 11.8 Å². The van der Waals surface area contributed by atoms with Crippen LogP contribution in [-0.4, -0.2) is 67.0 Å². The van der Waals surface area contributed by atoms with E-state index in [0.717, 1.165) is 19.1 Å². The quantitative estimate of drug-likeness (QED) is 0.274. The third-order valence-electron chi connectivity index (χ3n) is 7.07. The number of ether oxygens (including phenoxy) is 3. The predicted molar refractivity (Wildman–Crippen MR) is 123 cm³/mol. The van der Waals surface area contributed by atoms with Crippen molar-refractivity contribution in [2.75, 3.05) is 21.3 Å². The summed E-state index contributed by atoms with van der Waals surface area (Å²) < 4.78 is 15.1. The van der Waals surface area contributed by atoms with Crippen molar-refractivity contribution in [3.63, 3.8) is 0 Å². The molecule has 2 aromatic rings. The van der Waals surface area contributed by atoms with E-state index < -0.39 is 47.3 Å². The molecule has 2 amide bonds. The van der Waals surface area contributed by atoms with Crippen LogP contribution in [0.25, 0.3) is 5.57 Å². The molecule has 5 rings (SSSR count). The van der Waals surface area contributed by atoms with Gasteiger partial charge in [-0.05, 0) is 23.3 Å². The van der Waals surface area contributed by atoms with Crippen molar-refractivity contribution in [1.29, 1.82) is 0 Å². The Morgan fingerprint density at radius 2 is 1.33 bits per heavy atom. The van der Waals surface area contributed by atoms with Gasteiger partial charge >= 0.3 is 17.9 Å². The van der Waals surface area contributed by atoms with Crippen LogP contribution in [0.4, 0.5) is 0 Å². The lowest BCUT2D eigenvalue weighted by Crippen LogP contribution is -2.47. The average Bonchev–Trinajstić information content (AvgIpc) is 3.39. The Hall–Kier alpha value is -4.47. The molecular formula is C26H22N2O8. The maximum absolute atomic E-state index is 13.4. The van der Waals surface area contributed by atoms with E-state index >= 15 is 0 Å². The summed E-state index contributed by atoms with van der Waals surface area (Å²) in [5, 5.41) is 0. The van der Waals surface area contributed by atoms with Crippen LogP contribution in [0.5, 0.6) is 0 Å². The van der Waals surface area contributed by atoms with Gasteiger partial charge in [0, 0.05) is 12.6 Å². The molecule has 0 N–H and O–H groups in total. The Kier molecular flexibility index (Phi) is 5.39. The first-order chi connectivity index (χ1) is 17.3. The van der Waals surface area contributed by atoms with Crippen molar-refractivity contribution in [1.82, 2.24) is 9.80 Å². The molecule has 1 saturated heterocycles. The summed E-state index contributed by atoms with van der Waals surface area (Å²) in [6.07, 6.45) is 0.0243. The molecule has 3 aliphatic rings. The molecule has 0 aromatic heterocycles. The smallest absolute Gasteiger partial charge is 0.339 e. The van der Waals surface area contributed by atoms with Crippen molar-refractivity contribution in [2.24, 2.45) is 5.41 Å². The Bertz CT molecular complexity index is 1310. The van der Waals surface area contributed by atoms with Crippen LogP contribution in [0.3, 0.4) is 0 Å². The lowest BCUT2D eigenvalue weighted by Gasteiger charge is -2.39. The van der Waals surface area contributed by atoms with Gasteiger partial charge in [-0.15, -0.1) is 0 Å². The Balaban J connectivity index is 1.76.